The zero-order chi connectivity index (χ0) is 16.1. The van der Waals surface area contributed by atoms with Crippen LogP contribution in [0.3, 0.4) is 0 Å². The summed E-state index contributed by atoms with van der Waals surface area (Å²) in [6.07, 6.45) is 1.37. The van der Waals surface area contributed by atoms with Crippen molar-refractivity contribution in [3.05, 3.63) is 78.1 Å². The number of hydrogen-bond acceptors (Lipinski definition) is 4. The molecule has 1 aromatic heterocycles. The standard InChI is InChI=1S/C18H14N2O3/c21-15-9-5-4-8-14(15)12-19-20-18(22)17-11-10-16(23-17)13-6-2-1-3-7-13/h1-12,21H,(H,20,22). The number of aromatic hydroxyl groups is 1. The van der Waals surface area contributed by atoms with Crippen LogP contribution in [0.4, 0.5) is 0 Å². The number of carbonyl (C=O) groups is 1. The van der Waals surface area contributed by atoms with E-state index in [1.165, 1.54) is 6.21 Å². The van der Waals surface area contributed by atoms with Gasteiger partial charge in [-0.1, -0.05) is 42.5 Å². The molecule has 2 aromatic carbocycles. The average Bonchev–Trinajstić information content (AvgIpc) is 3.07. The zero-order valence-corrected chi connectivity index (χ0v) is 12.1. The molecule has 0 aliphatic carbocycles. The summed E-state index contributed by atoms with van der Waals surface area (Å²) in [6, 6.07) is 19.5. The van der Waals surface area contributed by atoms with Crippen molar-refractivity contribution in [3.63, 3.8) is 0 Å². The Morgan fingerprint density at radius 2 is 1.74 bits per heavy atom. The van der Waals surface area contributed by atoms with Crippen molar-refractivity contribution >= 4 is 12.1 Å². The predicted octanol–water partition coefficient (Wildman–Crippen LogP) is 3.42. The first-order chi connectivity index (χ1) is 11.2. The lowest BCUT2D eigenvalue weighted by Crippen LogP contribution is -2.16. The Kier molecular flexibility index (Phi) is 4.20. The van der Waals surface area contributed by atoms with E-state index in [2.05, 4.69) is 10.5 Å². The van der Waals surface area contributed by atoms with Crippen LogP contribution in [0.1, 0.15) is 16.1 Å². The summed E-state index contributed by atoms with van der Waals surface area (Å²) < 4.78 is 5.52. The van der Waals surface area contributed by atoms with E-state index in [9.17, 15) is 9.90 Å². The van der Waals surface area contributed by atoms with Crippen LogP contribution in [0.2, 0.25) is 0 Å². The van der Waals surface area contributed by atoms with Crippen LogP contribution >= 0.6 is 0 Å². The van der Waals surface area contributed by atoms with Gasteiger partial charge in [-0.2, -0.15) is 5.10 Å². The van der Waals surface area contributed by atoms with Gasteiger partial charge < -0.3 is 9.52 Å². The lowest BCUT2D eigenvalue weighted by atomic mass is 10.2. The van der Waals surface area contributed by atoms with Crippen LogP contribution in [0.25, 0.3) is 11.3 Å². The maximum absolute atomic E-state index is 12.0. The van der Waals surface area contributed by atoms with Gasteiger partial charge in [0.15, 0.2) is 5.76 Å². The molecule has 0 unspecified atom stereocenters. The summed E-state index contributed by atoms with van der Waals surface area (Å²) in [4.78, 5) is 12.0. The molecule has 5 nitrogen and oxygen atoms in total. The first kappa shape index (κ1) is 14.6. The first-order valence-corrected chi connectivity index (χ1v) is 7.01. The van der Waals surface area contributed by atoms with E-state index in [-0.39, 0.29) is 11.5 Å². The highest BCUT2D eigenvalue weighted by Crippen LogP contribution is 2.21. The largest absolute Gasteiger partial charge is 0.507 e. The van der Waals surface area contributed by atoms with Crippen molar-refractivity contribution in [2.24, 2.45) is 5.10 Å². The van der Waals surface area contributed by atoms with Gasteiger partial charge in [-0.25, -0.2) is 5.43 Å². The number of rotatable bonds is 4. The number of benzene rings is 2. The van der Waals surface area contributed by atoms with Gasteiger partial charge in [-0.05, 0) is 24.3 Å². The third-order valence-electron chi connectivity index (χ3n) is 3.19. The maximum atomic E-state index is 12.0. The minimum Gasteiger partial charge on any atom is -0.507 e. The number of para-hydroxylation sites is 1. The number of nitrogens with one attached hydrogen (secondary N) is 1. The van der Waals surface area contributed by atoms with Crippen LogP contribution in [0.15, 0.2) is 76.2 Å². The number of phenols is 1. The molecule has 5 heteroatoms. The number of hydrazone groups is 1. The first-order valence-electron chi connectivity index (χ1n) is 7.01. The van der Waals surface area contributed by atoms with Crippen molar-refractivity contribution < 1.29 is 14.3 Å². The van der Waals surface area contributed by atoms with Crippen LogP contribution in [-0.4, -0.2) is 17.2 Å². The van der Waals surface area contributed by atoms with Crippen LogP contribution in [-0.2, 0) is 0 Å². The summed E-state index contributed by atoms with van der Waals surface area (Å²) in [6.45, 7) is 0. The lowest BCUT2D eigenvalue weighted by molar-refractivity contribution is 0.0928. The predicted molar refractivity (Wildman–Crippen MR) is 87.3 cm³/mol. The quantitative estimate of drug-likeness (QED) is 0.573. The molecular formula is C18H14N2O3. The normalized spacial score (nSPS) is 10.8. The van der Waals surface area contributed by atoms with E-state index in [1.54, 1.807) is 36.4 Å². The Balaban J connectivity index is 1.68. The van der Waals surface area contributed by atoms with E-state index in [0.29, 0.717) is 11.3 Å². The second kappa shape index (κ2) is 6.62. The third-order valence-corrected chi connectivity index (χ3v) is 3.19. The average molecular weight is 306 g/mol. The summed E-state index contributed by atoms with van der Waals surface area (Å²) >= 11 is 0. The van der Waals surface area contributed by atoms with E-state index < -0.39 is 5.91 Å². The molecule has 0 atom stereocenters. The molecule has 2 N–H and O–H groups in total. The van der Waals surface area contributed by atoms with Crippen LogP contribution < -0.4 is 5.43 Å². The molecular weight excluding hydrogens is 292 g/mol. The highest BCUT2D eigenvalue weighted by atomic mass is 16.4. The van der Waals surface area contributed by atoms with Crippen molar-refractivity contribution in [1.29, 1.82) is 0 Å². The Morgan fingerprint density at radius 1 is 1.00 bits per heavy atom. The molecule has 3 rings (SSSR count). The second-order valence-corrected chi connectivity index (χ2v) is 4.79. The Morgan fingerprint density at radius 3 is 2.52 bits per heavy atom. The fraction of sp³-hybridized carbons (Fsp3) is 0. The van der Waals surface area contributed by atoms with Crippen LogP contribution in [0.5, 0.6) is 5.75 Å². The fourth-order valence-corrected chi connectivity index (χ4v) is 2.03. The summed E-state index contributed by atoms with van der Waals surface area (Å²) in [5, 5.41) is 13.4. The Labute approximate surface area is 132 Å². The molecule has 0 aliphatic heterocycles. The van der Waals surface area contributed by atoms with Crippen molar-refractivity contribution in [3.8, 4) is 17.1 Å². The lowest BCUT2D eigenvalue weighted by Gasteiger charge is -1.98. The molecule has 1 amide bonds. The van der Waals surface area contributed by atoms with Gasteiger partial charge in [0.05, 0.1) is 6.21 Å². The summed E-state index contributed by atoms with van der Waals surface area (Å²) in [5.41, 5.74) is 3.77. The van der Waals surface area contributed by atoms with Gasteiger partial charge in [-0.15, -0.1) is 0 Å². The zero-order valence-electron chi connectivity index (χ0n) is 12.1. The third kappa shape index (κ3) is 3.47. The topological polar surface area (TPSA) is 74.8 Å². The molecule has 0 bridgehead atoms. The van der Waals surface area contributed by atoms with Gasteiger partial charge in [-0.3, -0.25) is 4.79 Å². The second-order valence-electron chi connectivity index (χ2n) is 4.79. The summed E-state index contributed by atoms with van der Waals surface area (Å²) in [5.74, 6) is 0.410. The smallest absolute Gasteiger partial charge is 0.307 e. The SMILES string of the molecule is O=C(NN=Cc1ccccc1O)c1ccc(-c2ccccc2)o1. The number of phenolic OH excluding ortho intramolecular Hbond substituents is 1. The number of carbonyl (C=O) groups excluding carboxylic acids is 1. The highest BCUT2D eigenvalue weighted by molar-refractivity contribution is 5.93. The molecule has 0 spiro atoms. The number of hydrogen-bond donors (Lipinski definition) is 2. The van der Waals surface area contributed by atoms with E-state index in [4.69, 9.17) is 4.42 Å². The molecule has 1 heterocycles. The Bertz CT molecular complexity index is 838. The molecule has 3 aromatic rings. The Hall–Kier alpha value is -3.34. The van der Waals surface area contributed by atoms with Crippen molar-refractivity contribution in [2.75, 3.05) is 0 Å². The van der Waals surface area contributed by atoms with Crippen molar-refractivity contribution in [1.82, 2.24) is 5.43 Å². The van der Waals surface area contributed by atoms with Gasteiger partial charge in [0.1, 0.15) is 11.5 Å². The fourth-order valence-electron chi connectivity index (χ4n) is 2.03. The molecule has 23 heavy (non-hydrogen) atoms. The molecule has 114 valence electrons. The molecule has 0 radical (unpaired) electrons. The number of amides is 1. The van der Waals surface area contributed by atoms with Gasteiger partial charge >= 0.3 is 5.91 Å². The van der Waals surface area contributed by atoms with Gasteiger partial charge in [0.25, 0.3) is 0 Å². The number of nitrogens with zero attached hydrogens (tertiary/aromatic N) is 1. The highest BCUT2D eigenvalue weighted by Gasteiger charge is 2.11. The van der Waals surface area contributed by atoms with E-state index >= 15 is 0 Å². The van der Waals surface area contributed by atoms with E-state index in [0.717, 1.165) is 5.56 Å². The minimum atomic E-state index is -0.459. The summed E-state index contributed by atoms with van der Waals surface area (Å²) in [7, 11) is 0. The number of furan rings is 1. The monoisotopic (exact) mass is 306 g/mol. The van der Waals surface area contributed by atoms with Gasteiger partial charge in [0.2, 0.25) is 0 Å². The molecule has 0 saturated carbocycles. The molecule has 0 saturated heterocycles. The molecule has 0 aliphatic rings. The maximum Gasteiger partial charge on any atom is 0.307 e. The molecule has 0 fully saturated rings. The van der Waals surface area contributed by atoms with Crippen molar-refractivity contribution in [2.45, 2.75) is 0 Å². The minimum absolute atomic E-state index is 0.0925. The van der Waals surface area contributed by atoms with Gasteiger partial charge in [0, 0.05) is 11.1 Å². The van der Waals surface area contributed by atoms with Crippen LogP contribution in [0, 0.1) is 0 Å². The van der Waals surface area contributed by atoms with E-state index in [1.807, 2.05) is 30.3 Å².